The predicted octanol–water partition coefficient (Wildman–Crippen LogP) is 3.95. The Labute approximate surface area is 215 Å². The van der Waals surface area contributed by atoms with Gasteiger partial charge in [-0.25, -0.2) is 14.8 Å². The fraction of sp³-hybridized carbons (Fsp3) is 0.259. The molecule has 10 nitrogen and oxygen atoms in total. The van der Waals surface area contributed by atoms with Gasteiger partial charge in [0.05, 0.1) is 25.4 Å². The maximum absolute atomic E-state index is 12.8. The number of piperazine rings is 1. The first-order chi connectivity index (χ1) is 17.9. The third-order valence-corrected chi connectivity index (χ3v) is 6.36. The van der Waals surface area contributed by atoms with Crippen molar-refractivity contribution in [1.82, 2.24) is 19.9 Å². The molecule has 1 fully saturated rings. The number of carbonyl (C=O) groups is 1. The number of amides is 2. The quantitative estimate of drug-likeness (QED) is 0.424. The van der Waals surface area contributed by atoms with Crippen LogP contribution in [0.1, 0.15) is 5.56 Å². The number of nitrogens with zero attached hydrogens (tertiary/aromatic N) is 5. The maximum Gasteiger partial charge on any atom is 0.321 e. The van der Waals surface area contributed by atoms with Crippen LogP contribution in [0.15, 0.2) is 54.6 Å². The molecule has 3 N–H and O–H groups in total. The molecule has 0 aliphatic carbocycles. The van der Waals surface area contributed by atoms with Gasteiger partial charge in [-0.3, -0.25) is 0 Å². The largest absolute Gasteiger partial charge is 0.493 e. The van der Waals surface area contributed by atoms with Gasteiger partial charge in [0.15, 0.2) is 17.3 Å². The Hall–Kier alpha value is -4.60. The zero-order chi connectivity index (χ0) is 25.9. The second-order valence-electron chi connectivity index (χ2n) is 8.81. The number of fused-ring (bicyclic) bond motifs is 1. The van der Waals surface area contributed by atoms with Crippen LogP contribution in [0, 0.1) is 6.92 Å². The number of ether oxygens (including phenoxy) is 2. The van der Waals surface area contributed by atoms with E-state index in [1.54, 1.807) is 19.1 Å². The smallest absolute Gasteiger partial charge is 0.321 e. The highest BCUT2D eigenvalue weighted by molar-refractivity contribution is 5.91. The topological polar surface area (TPSA) is 119 Å². The summed E-state index contributed by atoms with van der Waals surface area (Å²) in [6, 6.07) is 17.1. The van der Waals surface area contributed by atoms with E-state index in [2.05, 4.69) is 20.2 Å². The molecule has 4 aromatic rings. The molecule has 1 saturated heterocycles. The Morgan fingerprint density at radius 3 is 2.43 bits per heavy atom. The summed E-state index contributed by atoms with van der Waals surface area (Å²) in [6.07, 6.45) is 0. The van der Waals surface area contributed by atoms with Crippen molar-refractivity contribution in [3.8, 4) is 22.8 Å². The third kappa shape index (κ3) is 5.04. The van der Waals surface area contributed by atoms with Gasteiger partial charge in [-0.2, -0.15) is 4.98 Å². The molecule has 190 valence electrons. The van der Waals surface area contributed by atoms with E-state index in [9.17, 15) is 4.79 Å². The maximum atomic E-state index is 12.8. The van der Waals surface area contributed by atoms with Gasteiger partial charge in [0.2, 0.25) is 5.95 Å². The molecule has 2 aromatic heterocycles. The molecule has 0 spiro atoms. The lowest BCUT2D eigenvalue weighted by molar-refractivity contribution is 0.208. The normalized spacial score (nSPS) is 13.5. The molecule has 3 heterocycles. The zero-order valence-electron chi connectivity index (χ0n) is 21.1. The van der Waals surface area contributed by atoms with Crippen LogP contribution in [0.2, 0.25) is 0 Å². The summed E-state index contributed by atoms with van der Waals surface area (Å²) in [5.41, 5.74) is 10.9. The summed E-state index contributed by atoms with van der Waals surface area (Å²) in [5, 5.41) is 2.98. The van der Waals surface area contributed by atoms with Crippen molar-refractivity contribution in [2.75, 3.05) is 56.3 Å². The van der Waals surface area contributed by atoms with Crippen LogP contribution in [0.5, 0.6) is 11.5 Å². The van der Waals surface area contributed by atoms with E-state index in [0.717, 1.165) is 22.5 Å². The van der Waals surface area contributed by atoms with Gasteiger partial charge in [0, 0.05) is 37.4 Å². The highest BCUT2D eigenvalue weighted by Crippen LogP contribution is 2.33. The molecular formula is C27H29N7O3. The number of hydrogen-bond donors (Lipinski definition) is 2. The summed E-state index contributed by atoms with van der Waals surface area (Å²) in [7, 11) is 3.21. The van der Waals surface area contributed by atoms with Crippen LogP contribution in [-0.4, -0.2) is 66.3 Å². The standard InChI is InChI=1S/C27H29N7O3/c1-17-5-4-6-19(15-17)29-27(35)34-13-11-33(12-14-34)25-24-21(31-26(28)32-25)9-8-20(30-24)18-7-10-22(36-2)23(16-18)37-3/h4-10,15-16H,11-14H2,1-3H3,(H,29,35)(H2,28,31,32). The van der Waals surface area contributed by atoms with Crippen LogP contribution < -0.4 is 25.4 Å². The van der Waals surface area contributed by atoms with Crippen molar-refractivity contribution in [3.63, 3.8) is 0 Å². The molecule has 0 atom stereocenters. The molecule has 10 heteroatoms. The Kier molecular flexibility index (Phi) is 6.63. The molecule has 0 bridgehead atoms. The Morgan fingerprint density at radius 2 is 1.70 bits per heavy atom. The summed E-state index contributed by atoms with van der Waals surface area (Å²) in [4.78, 5) is 30.5. The van der Waals surface area contributed by atoms with Crippen molar-refractivity contribution in [2.45, 2.75) is 6.92 Å². The number of benzene rings is 2. The molecule has 2 amide bonds. The number of anilines is 3. The molecule has 0 unspecified atom stereocenters. The average molecular weight is 500 g/mol. The number of nitrogen functional groups attached to an aromatic ring is 1. The number of carbonyl (C=O) groups excluding carboxylic acids is 1. The summed E-state index contributed by atoms with van der Waals surface area (Å²) < 4.78 is 10.8. The van der Waals surface area contributed by atoms with Crippen molar-refractivity contribution in [3.05, 3.63) is 60.2 Å². The van der Waals surface area contributed by atoms with Crippen LogP contribution in [0.3, 0.4) is 0 Å². The fourth-order valence-corrected chi connectivity index (χ4v) is 4.44. The number of nitrogens with two attached hydrogens (primary N) is 1. The van der Waals surface area contributed by atoms with E-state index in [-0.39, 0.29) is 12.0 Å². The number of rotatable bonds is 5. The van der Waals surface area contributed by atoms with Gasteiger partial charge < -0.3 is 30.3 Å². The van der Waals surface area contributed by atoms with Crippen molar-refractivity contribution in [1.29, 1.82) is 0 Å². The highest BCUT2D eigenvalue weighted by Gasteiger charge is 2.24. The van der Waals surface area contributed by atoms with E-state index < -0.39 is 0 Å². The predicted molar refractivity (Wildman–Crippen MR) is 144 cm³/mol. The zero-order valence-corrected chi connectivity index (χ0v) is 21.1. The molecule has 37 heavy (non-hydrogen) atoms. The summed E-state index contributed by atoms with van der Waals surface area (Å²) >= 11 is 0. The minimum absolute atomic E-state index is 0.119. The number of urea groups is 1. The monoisotopic (exact) mass is 499 g/mol. The average Bonchev–Trinajstić information content (AvgIpc) is 2.92. The number of methoxy groups -OCH3 is 2. The molecule has 1 aliphatic heterocycles. The van der Waals surface area contributed by atoms with Crippen LogP contribution >= 0.6 is 0 Å². The molecule has 0 radical (unpaired) electrons. The first-order valence-electron chi connectivity index (χ1n) is 12.0. The lowest BCUT2D eigenvalue weighted by atomic mass is 10.1. The minimum Gasteiger partial charge on any atom is -0.493 e. The van der Waals surface area contributed by atoms with Gasteiger partial charge >= 0.3 is 6.03 Å². The van der Waals surface area contributed by atoms with E-state index in [1.807, 2.05) is 61.5 Å². The van der Waals surface area contributed by atoms with Gasteiger partial charge in [0.25, 0.3) is 0 Å². The number of hydrogen-bond acceptors (Lipinski definition) is 8. The highest BCUT2D eigenvalue weighted by atomic mass is 16.5. The lowest BCUT2D eigenvalue weighted by Crippen LogP contribution is -2.50. The Balaban J connectivity index is 1.38. The van der Waals surface area contributed by atoms with Crippen LogP contribution in [0.4, 0.5) is 22.2 Å². The number of pyridine rings is 1. The van der Waals surface area contributed by atoms with Crippen molar-refractivity contribution in [2.24, 2.45) is 0 Å². The Morgan fingerprint density at radius 1 is 0.919 bits per heavy atom. The van der Waals surface area contributed by atoms with E-state index in [0.29, 0.717) is 54.5 Å². The molecule has 0 saturated carbocycles. The Bertz CT molecular complexity index is 1450. The molecule has 1 aliphatic rings. The summed E-state index contributed by atoms with van der Waals surface area (Å²) in [6.45, 7) is 4.26. The first-order valence-corrected chi connectivity index (χ1v) is 12.0. The summed E-state index contributed by atoms with van der Waals surface area (Å²) in [5.74, 6) is 2.11. The van der Waals surface area contributed by atoms with E-state index in [1.165, 1.54) is 0 Å². The second kappa shape index (κ2) is 10.2. The van der Waals surface area contributed by atoms with Gasteiger partial charge in [-0.15, -0.1) is 0 Å². The number of aryl methyl sites for hydroxylation is 1. The SMILES string of the molecule is COc1ccc(-c2ccc3nc(N)nc(N4CCN(C(=O)Nc5cccc(C)c5)CC4)c3n2)cc1OC. The van der Waals surface area contributed by atoms with Gasteiger partial charge in [-0.1, -0.05) is 12.1 Å². The lowest BCUT2D eigenvalue weighted by Gasteiger charge is -2.35. The van der Waals surface area contributed by atoms with Gasteiger partial charge in [-0.05, 0) is 55.0 Å². The van der Waals surface area contributed by atoms with Crippen LogP contribution in [-0.2, 0) is 0 Å². The van der Waals surface area contributed by atoms with E-state index in [4.69, 9.17) is 20.2 Å². The van der Waals surface area contributed by atoms with Gasteiger partial charge in [0.1, 0.15) is 5.52 Å². The second-order valence-corrected chi connectivity index (χ2v) is 8.81. The first kappa shape index (κ1) is 24.1. The minimum atomic E-state index is -0.119. The molecule has 2 aromatic carbocycles. The third-order valence-electron chi connectivity index (χ3n) is 6.36. The number of nitrogens with one attached hydrogen (secondary N) is 1. The number of aromatic nitrogens is 3. The van der Waals surface area contributed by atoms with E-state index >= 15 is 0 Å². The molecule has 5 rings (SSSR count). The van der Waals surface area contributed by atoms with Crippen LogP contribution in [0.25, 0.3) is 22.3 Å². The van der Waals surface area contributed by atoms with Crippen molar-refractivity contribution < 1.29 is 14.3 Å². The van der Waals surface area contributed by atoms with Crippen molar-refractivity contribution >= 4 is 34.5 Å². The fourth-order valence-electron chi connectivity index (χ4n) is 4.44. The molecular weight excluding hydrogens is 470 g/mol.